The molecule has 0 spiro atoms. The molecule has 0 aliphatic rings. The third kappa shape index (κ3) is 4.45. The van der Waals surface area contributed by atoms with Gasteiger partial charge in [0.15, 0.2) is 4.80 Å². The number of non-ortho nitro benzene ring substituents is 1. The van der Waals surface area contributed by atoms with Crippen LogP contribution in [0.15, 0.2) is 52.4 Å². The summed E-state index contributed by atoms with van der Waals surface area (Å²) in [6.07, 6.45) is 0.231. The number of benzene rings is 2. The highest BCUT2D eigenvalue weighted by atomic mass is 32.2. The lowest BCUT2D eigenvalue weighted by Crippen LogP contribution is -2.16. The molecule has 3 rings (SSSR count). The zero-order valence-corrected chi connectivity index (χ0v) is 16.7. The van der Waals surface area contributed by atoms with Crippen molar-refractivity contribution in [2.45, 2.75) is 31.7 Å². The Bertz CT molecular complexity index is 1050. The fraction of sp³-hybridized carbons (Fsp3) is 0.263. The Morgan fingerprint density at radius 1 is 1.22 bits per heavy atom. The Kier molecular flexibility index (Phi) is 6.08. The number of nitrogens with zero attached hydrogens (tertiary/aromatic N) is 3. The first kappa shape index (κ1) is 19.3. The average molecular weight is 402 g/mol. The number of hydrogen-bond donors (Lipinski definition) is 0. The molecule has 0 radical (unpaired) electrons. The van der Waals surface area contributed by atoms with Crippen molar-refractivity contribution in [3.05, 3.63) is 62.9 Å². The minimum absolute atomic E-state index is 0.0370. The van der Waals surface area contributed by atoms with Gasteiger partial charge in [0.25, 0.3) is 11.6 Å². The summed E-state index contributed by atoms with van der Waals surface area (Å²) in [6.45, 7) is 4.69. The van der Waals surface area contributed by atoms with Crippen LogP contribution in [0.3, 0.4) is 0 Å². The molecule has 0 saturated heterocycles. The van der Waals surface area contributed by atoms with Crippen LogP contribution in [-0.2, 0) is 17.8 Å². The molecule has 1 heterocycles. The van der Waals surface area contributed by atoms with Crippen LogP contribution in [0.4, 0.5) is 5.69 Å². The van der Waals surface area contributed by atoms with E-state index in [2.05, 4.69) is 11.9 Å². The predicted octanol–water partition coefficient (Wildman–Crippen LogP) is 4.41. The molecule has 27 heavy (non-hydrogen) atoms. The van der Waals surface area contributed by atoms with E-state index in [1.165, 1.54) is 28.4 Å². The third-order valence-electron chi connectivity index (χ3n) is 4.00. The number of thioether (sulfide) groups is 1. The van der Waals surface area contributed by atoms with Gasteiger partial charge in [-0.3, -0.25) is 14.9 Å². The second-order valence-corrected chi connectivity index (χ2v) is 8.14. The lowest BCUT2D eigenvalue weighted by atomic mass is 10.1. The molecule has 0 aliphatic carbocycles. The normalized spacial score (nSPS) is 11.9. The summed E-state index contributed by atoms with van der Waals surface area (Å²) in [7, 11) is 0. The zero-order valence-electron chi connectivity index (χ0n) is 15.0. The van der Waals surface area contributed by atoms with Crippen LogP contribution in [0, 0.1) is 10.1 Å². The molecule has 0 fully saturated rings. The first-order valence-electron chi connectivity index (χ1n) is 8.59. The molecule has 6 nitrogen and oxygen atoms in total. The molecule has 1 aromatic heterocycles. The van der Waals surface area contributed by atoms with Crippen LogP contribution >= 0.6 is 23.1 Å². The quantitative estimate of drug-likeness (QED) is 0.348. The number of carbonyl (C=O) groups excluding carboxylic acids is 1. The van der Waals surface area contributed by atoms with Crippen molar-refractivity contribution in [3.8, 4) is 0 Å². The van der Waals surface area contributed by atoms with Gasteiger partial charge in [-0.25, -0.2) is 0 Å². The second kappa shape index (κ2) is 8.49. The standard InChI is InChI=1S/C19H19N3O3S2/c1-3-21-16-10-7-14(22(24)25)12-17(16)27-19(21)20-18(23)11-13-5-8-15(9-6-13)26-4-2/h5-10,12H,3-4,11H2,1-2H3. The smallest absolute Gasteiger partial charge is 0.270 e. The molecule has 0 saturated carbocycles. The fourth-order valence-corrected chi connectivity index (χ4v) is 4.56. The van der Waals surface area contributed by atoms with Gasteiger partial charge in [0.1, 0.15) is 0 Å². The van der Waals surface area contributed by atoms with Gasteiger partial charge in [-0.2, -0.15) is 4.99 Å². The van der Waals surface area contributed by atoms with E-state index in [4.69, 9.17) is 0 Å². The van der Waals surface area contributed by atoms with Gasteiger partial charge in [-0.1, -0.05) is 30.4 Å². The maximum atomic E-state index is 12.4. The van der Waals surface area contributed by atoms with E-state index < -0.39 is 4.92 Å². The van der Waals surface area contributed by atoms with Gasteiger partial charge < -0.3 is 4.57 Å². The lowest BCUT2D eigenvalue weighted by Gasteiger charge is -2.02. The number of nitro benzene ring substituents is 1. The zero-order chi connectivity index (χ0) is 19.4. The van der Waals surface area contributed by atoms with Crippen molar-refractivity contribution in [1.82, 2.24) is 4.57 Å². The van der Waals surface area contributed by atoms with Crippen molar-refractivity contribution >= 4 is 44.9 Å². The molecule has 8 heteroatoms. The van der Waals surface area contributed by atoms with Gasteiger partial charge >= 0.3 is 0 Å². The Hall–Kier alpha value is -2.45. The molecular weight excluding hydrogens is 382 g/mol. The maximum absolute atomic E-state index is 12.4. The van der Waals surface area contributed by atoms with Crippen molar-refractivity contribution in [2.75, 3.05) is 5.75 Å². The second-order valence-electron chi connectivity index (χ2n) is 5.80. The van der Waals surface area contributed by atoms with Gasteiger partial charge in [0, 0.05) is 23.6 Å². The Morgan fingerprint density at radius 2 is 1.96 bits per heavy atom. The number of hydrogen-bond acceptors (Lipinski definition) is 5. The largest absolute Gasteiger partial charge is 0.317 e. The Morgan fingerprint density at radius 3 is 2.59 bits per heavy atom. The van der Waals surface area contributed by atoms with Gasteiger partial charge in [-0.05, 0) is 36.4 Å². The first-order chi connectivity index (χ1) is 13.0. The molecule has 1 amide bonds. The van der Waals surface area contributed by atoms with E-state index in [9.17, 15) is 14.9 Å². The summed E-state index contributed by atoms with van der Waals surface area (Å²) in [4.78, 5) is 29.0. The maximum Gasteiger partial charge on any atom is 0.270 e. The van der Waals surface area contributed by atoms with Crippen LogP contribution in [-0.4, -0.2) is 21.2 Å². The molecule has 0 unspecified atom stereocenters. The number of rotatable bonds is 6. The molecule has 0 bridgehead atoms. The van der Waals surface area contributed by atoms with Crippen LogP contribution < -0.4 is 4.80 Å². The number of amides is 1. The van der Waals surface area contributed by atoms with Crippen LogP contribution in [0.1, 0.15) is 19.4 Å². The van der Waals surface area contributed by atoms with Crippen molar-refractivity contribution in [3.63, 3.8) is 0 Å². The van der Waals surface area contributed by atoms with Crippen LogP contribution in [0.2, 0.25) is 0 Å². The third-order valence-corrected chi connectivity index (χ3v) is 5.94. The number of carbonyl (C=O) groups is 1. The minimum atomic E-state index is -0.419. The van der Waals surface area contributed by atoms with Gasteiger partial charge in [0.2, 0.25) is 0 Å². The Balaban J connectivity index is 1.89. The van der Waals surface area contributed by atoms with Crippen molar-refractivity contribution < 1.29 is 9.72 Å². The summed E-state index contributed by atoms with van der Waals surface area (Å²) < 4.78 is 2.65. The summed E-state index contributed by atoms with van der Waals surface area (Å²) in [6, 6.07) is 12.6. The topological polar surface area (TPSA) is 77.5 Å². The molecule has 0 aliphatic heterocycles. The first-order valence-corrected chi connectivity index (χ1v) is 10.4. The van der Waals surface area contributed by atoms with E-state index in [0.29, 0.717) is 11.3 Å². The van der Waals surface area contributed by atoms with Crippen LogP contribution in [0.25, 0.3) is 10.2 Å². The number of aromatic nitrogens is 1. The number of fused-ring (bicyclic) bond motifs is 1. The fourth-order valence-electron chi connectivity index (χ4n) is 2.76. The molecule has 0 atom stereocenters. The highest BCUT2D eigenvalue weighted by Gasteiger charge is 2.12. The van der Waals surface area contributed by atoms with E-state index in [1.807, 2.05) is 35.8 Å². The summed E-state index contributed by atoms with van der Waals surface area (Å²) in [5.74, 6) is 0.781. The van der Waals surface area contributed by atoms with E-state index in [0.717, 1.165) is 21.5 Å². The summed E-state index contributed by atoms with van der Waals surface area (Å²) >= 11 is 3.05. The molecule has 2 aromatic carbocycles. The van der Waals surface area contributed by atoms with E-state index >= 15 is 0 Å². The molecule has 0 N–H and O–H groups in total. The van der Waals surface area contributed by atoms with E-state index in [1.54, 1.807) is 17.8 Å². The number of thiazole rings is 1. The number of aryl methyl sites for hydroxylation is 1. The minimum Gasteiger partial charge on any atom is -0.317 e. The van der Waals surface area contributed by atoms with Crippen molar-refractivity contribution in [1.29, 1.82) is 0 Å². The SMILES string of the molecule is CCSc1ccc(CC(=O)N=c2sc3cc([N+](=O)[O-])ccc3n2CC)cc1. The molecular formula is C19H19N3O3S2. The summed E-state index contributed by atoms with van der Waals surface area (Å²) in [5.41, 5.74) is 1.81. The van der Waals surface area contributed by atoms with E-state index in [-0.39, 0.29) is 18.0 Å². The lowest BCUT2D eigenvalue weighted by molar-refractivity contribution is -0.384. The molecule has 3 aromatic rings. The summed E-state index contributed by atoms with van der Waals surface area (Å²) in [5, 5.41) is 11.0. The van der Waals surface area contributed by atoms with Gasteiger partial charge in [0.05, 0.1) is 21.6 Å². The average Bonchev–Trinajstić information content (AvgIpc) is 2.99. The highest BCUT2D eigenvalue weighted by Crippen LogP contribution is 2.23. The number of nitro groups is 1. The Labute approximate surface area is 164 Å². The predicted molar refractivity (Wildman–Crippen MR) is 109 cm³/mol. The van der Waals surface area contributed by atoms with Crippen LogP contribution in [0.5, 0.6) is 0 Å². The highest BCUT2D eigenvalue weighted by molar-refractivity contribution is 7.99. The van der Waals surface area contributed by atoms with Gasteiger partial charge in [-0.15, -0.1) is 11.8 Å². The van der Waals surface area contributed by atoms with Crippen molar-refractivity contribution in [2.24, 2.45) is 4.99 Å². The molecule has 140 valence electrons. The monoisotopic (exact) mass is 401 g/mol.